The average molecular weight is 228 g/mol. The van der Waals surface area contributed by atoms with Crippen LogP contribution in [0.5, 0.6) is 0 Å². The van der Waals surface area contributed by atoms with Crippen LogP contribution in [0.4, 0.5) is 0 Å². The van der Waals surface area contributed by atoms with E-state index < -0.39 is 0 Å². The van der Waals surface area contributed by atoms with E-state index in [4.69, 9.17) is 10.5 Å². The van der Waals surface area contributed by atoms with E-state index in [0.29, 0.717) is 19.4 Å². The summed E-state index contributed by atoms with van der Waals surface area (Å²) in [6.07, 6.45) is 3.54. The molecule has 1 rings (SSSR count). The number of esters is 1. The first-order valence-corrected chi connectivity index (χ1v) is 5.90. The molecule has 0 saturated heterocycles. The van der Waals surface area contributed by atoms with Gasteiger partial charge in [-0.2, -0.15) is 0 Å². The second-order valence-corrected chi connectivity index (χ2v) is 4.21. The van der Waals surface area contributed by atoms with Gasteiger partial charge in [0, 0.05) is 30.5 Å². The highest BCUT2D eigenvalue weighted by atomic mass is 32.1. The second-order valence-electron chi connectivity index (χ2n) is 3.23. The minimum atomic E-state index is -0.174. The van der Waals surface area contributed by atoms with Crippen molar-refractivity contribution in [3.63, 3.8) is 0 Å². The Bertz CT molecular complexity index is 288. The van der Waals surface area contributed by atoms with Crippen molar-refractivity contribution in [1.29, 1.82) is 0 Å². The minimum absolute atomic E-state index is 0.0134. The molecule has 84 valence electrons. The molecular formula is C10H16N2O2S. The van der Waals surface area contributed by atoms with Gasteiger partial charge in [-0.3, -0.25) is 4.79 Å². The van der Waals surface area contributed by atoms with Crippen LogP contribution in [0, 0.1) is 0 Å². The van der Waals surface area contributed by atoms with Gasteiger partial charge in [-0.05, 0) is 13.3 Å². The van der Waals surface area contributed by atoms with Crippen LogP contribution in [-0.2, 0) is 16.0 Å². The Hall–Kier alpha value is -0.940. The molecule has 0 fully saturated rings. The molecule has 1 atom stereocenters. The van der Waals surface area contributed by atoms with E-state index in [-0.39, 0.29) is 12.0 Å². The molecule has 0 amide bonds. The maximum atomic E-state index is 11.1. The topological polar surface area (TPSA) is 65.2 Å². The molecule has 1 heterocycles. The predicted molar refractivity (Wildman–Crippen MR) is 59.7 cm³/mol. The minimum Gasteiger partial charge on any atom is -0.466 e. The number of ether oxygens (including phenoxy) is 1. The van der Waals surface area contributed by atoms with Crippen molar-refractivity contribution in [2.75, 3.05) is 6.61 Å². The fourth-order valence-electron chi connectivity index (χ4n) is 1.22. The van der Waals surface area contributed by atoms with E-state index in [1.807, 2.05) is 5.38 Å². The third-order valence-corrected chi connectivity index (χ3v) is 2.75. The Labute approximate surface area is 93.5 Å². The van der Waals surface area contributed by atoms with Crippen LogP contribution >= 0.6 is 11.3 Å². The Morgan fingerprint density at radius 2 is 2.53 bits per heavy atom. The van der Waals surface area contributed by atoms with E-state index in [2.05, 4.69) is 4.98 Å². The van der Waals surface area contributed by atoms with Crippen LogP contribution in [0.2, 0.25) is 0 Å². The normalized spacial score (nSPS) is 12.4. The number of carbonyl (C=O) groups excluding carboxylic acids is 1. The summed E-state index contributed by atoms with van der Waals surface area (Å²) in [6, 6.07) is -0.0134. The van der Waals surface area contributed by atoms with E-state index in [0.717, 1.165) is 11.4 Å². The molecule has 0 aliphatic carbocycles. The summed E-state index contributed by atoms with van der Waals surface area (Å²) in [5.74, 6) is -0.174. The largest absolute Gasteiger partial charge is 0.466 e. The molecule has 0 spiro atoms. The van der Waals surface area contributed by atoms with Gasteiger partial charge >= 0.3 is 5.97 Å². The maximum Gasteiger partial charge on any atom is 0.305 e. The summed E-state index contributed by atoms with van der Waals surface area (Å²) in [6.45, 7) is 2.23. The zero-order valence-electron chi connectivity index (χ0n) is 8.81. The first-order chi connectivity index (χ1) is 7.22. The highest BCUT2D eigenvalue weighted by molar-refractivity contribution is 7.09. The monoisotopic (exact) mass is 228 g/mol. The van der Waals surface area contributed by atoms with Crippen LogP contribution in [0.3, 0.4) is 0 Å². The number of hydrogen-bond donors (Lipinski definition) is 1. The second kappa shape index (κ2) is 6.53. The molecule has 0 bridgehead atoms. The fraction of sp³-hybridized carbons (Fsp3) is 0.600. The van der Waals surface area contributed by atoms with Gasteiger partial charge in [0.25, 0.3) is 0 Å². The SMILES string of the molecule is CCOC(=O)CCC(N)Cc1nccs1. The lowest BCUT2D eigenvalue weighted by atomic mass is 10.1. The zero-order valence-corrected chi connectivity index (χ0v) is 9.63. The van der Waals surface area contributed by atoms with Gasteiger partial charge in [0.2, 0.25) is 0 Å². The van der Waals surface area contributed by atoms with Gasteiger partial charge in [-0.1, -0.05) is 0 Å². The quantitative estimate of drug-likeness (QED) is 0.746. The lowest BCUT2D eigenvalue weighted by molar-refractivity contribution is -0.143. The Kier molecular flexibility index (Phi) is 5.28. The van der Waals surface area contributed by atoms with Gasteiger partial charge in [-0.15, -0.1) is 11.3 Å². The standard InChI is InChI=1S/C10H16N2O2S/c1-2-14-10(13)4-3-8(11)7-9-12-5-6-15-9/h5-6,8H,2-4,7,11H2,1H3. The first kappa shape index (κ1) is 12.1. The molecular weight excluding hydrogens is 212 g/mol. The van der Waals surface area contributed by atoms with E-state index in [1.165, 1.54) is 0 Å². The fourth-order valence-corrected chi connectivity index (χ4v) is 1.93. The van der Waals surface area contributed by atoms with Crippen molar-refractivity contribution in [3.05, 3.63) is 16.6 Å². The van der Waals surface area contributed by atoms with Gasteiger partial charge in [0.05, 0.1) is 11.6 Å². The van der Waals surface area contributed by atoms with E-state index in [9.17, 15) is 4.79 Å². The Morgan fingerprint density at radius 1 is 1.73 bits per heavy atom. The van der Waals surface area contributed by atoms with Crippen LogP contribution < -0.4 is 5.73 Å². The average Bonchev–Trinajstić information content (AvgIpc) is 2.68. The number of hydrogen-bond acceptors (Lipinski definition) is 5. The molecule has 0 aliphatic rings. The number of nitrogens with two attached hydrogens (primary N) is 1. The van der Waals surface area contributed by atoms with Crippen molar-refractivity contribution in [2.24, 2.45) is 5.73 Å². The summed E-state index contributed by atoms with van der Waals surface area (Å²) in [4.78, 5) is 15.2. The third-order valence-electron chi connectivity index (χ3n) is 1.94. The molecule has 0 aliphatic heterocycles. The molecule has 4 nitrogen and oxygen atoms in total. The van der Waals surface area contributed by atoms with Crippen LogP contribution in [0.15, 0.2) is 11.6 Å². The molecule has 1 aromatic heterocycles. The number of carbonyl (C=O) groups is 1. The molecule has 15 heavy (non-hydrogen) atoms. The van der Waals surface area contributed by atoms with Crippen LogP contribution in [0.25, 0.3) is 0 Å². The summed E-state index contributed by atoms with van der Waals surface area (Å²) in [7, 11) is 0. The lowest BCUT2D eigenvalue weighted by Gasteiger charge is -2.08. The third kappa shape index (κ3) is 4.90. The van der Waals surface area contributed by atoms with Gasteiger partial charge in [0.15, 0.2) is 0 Å². The summed E-state index contributed by atoms with van der Waals surface area (Å²) in [5, 5.41) is 2.94. The number of aromatic nitrogens is 1. The summed E-state index contributed by atoms with van der Waals surface area (Å²) in [5.41, 5.74) is 5.87. The molecule has 1 unspecified atom stereocenters. The molecule has 5 heteroatoms. The molecule has 0 saturated carbocycles. The first-order valence-electron chi connectivity index (χ1n) is 5.02. The molecule has 1 aromatic rings. The van der Waals surface area contributed by atoms with Crippen molar-refractivity contribution in [3.8, 4) is 0 Å². The van der Waals surface area contributed by atoms with Crippen molar-refractivity contribution >= 4 is 17.3 Å². The Balaban J connectivity index is 2.19. The maximum absolute atomic E-state index is 11.1. The highest BCUT2D eigenvalue weighted by Gasteiger charge is 2.09. The van der Waals surface area contributed by atoms with Crippen LogP contribution in [-0.4, -0.2) is 23.6 Å². The smallest absolute Gasteiger partial charge is 0.305 e. The summed E-state index contributed by atoms with van der Waals surface area (Å²) >= 11 is 1.59. The van der Waals surface area contributed by atoms with Gasteiger partial charge in [-0.25, -0.2) is 4.98 Å². The van der Waals surface area contributed by atoms with Gasteiger partial charge < -0.3 is 10.5 Å². The molecule has 2 N–H and O–H groups in total. The lowest BCUT2D eigenvalue weighted by Crippen LogP contribution is -2.24. The van der Waals surface area contributed by atoms with Crippen LogP contribution in [0.1, 0.15) is 24.8 Å². The summed E-state index contributed by atoms with van der Waals surface area (Å²) < 4.78 is 4.82. The zero-order chi connectivity index (χ0) is 11.1. The van der Waals surface area contributed by atoms with Gasteiger partial charge in [0.1, 0.15) is 0 Å². The number of rotatable bonds is 6. The molecule has 0 radical (unpaired) electrons. The Morgan fingerprint density at radius 3 is 3.13 bits per heavy atom. The molecule has 0 aromatic carbocycles. The van der Waals surface area contributed by atoms with Crippen molar-refractivity contribution in [1.82, 2.24) is 4.98 Å². The van der Waals surface area contributed by atoms with E-state index >= 15 is 0 Å². The predicted octanol–water partition coefficient (Wildman–Crippen LogP) is 1.36. The van der Waals surface area contributed by atoms with E-state index in [1.54, 1.807) is 24.5 Å². The van der Waals surface area contributed by atoms with Crippen molar-refractivity contribution < 1.29 is 9.53 Å². The highest BCUT2D eigenvalue weighted by Crippen LogP contribution is 2.09. The van der Waals surface area contributed by atoms with Crippen molar-refractivity contribution in [2.45, 2.75) is 32.2 Å². The number of thiazole rings is 1. The number of nitrogens with zero attached hydrogens (tertiary/aromatic N) is 1.